The van der Waals surface area contributed by atoms with Crippen molar-refractivity contribution in [2.45, 2.75) is 126 Å². The van der Waals surface area contributed by atoms with Crippen molar-refractivity contribution in [1.82, 2.24) is 51.2 Å². The Kier molecular flexibility index (Phi) is 26.0. The van der Waals surface area contributed by atoms with E-state index in [0.29, 0.717) is 0 Å². The van der Waals surface area contributed by atoms with Crippen LogP contribution in [0.15, 0.2) is 25.5 Å². The molecule has 0 spiro atoms. The second kappa shape index (κ2) is 26.1. The smallest absolute Gasteiger partial charge is 0.255 e. The van der Waals surface area contributed by atoms with Crippen molar-refractivity contribution < 1.29 is 24.0 Å². The van der Waals surface area contributed by atoms with Crippen molar-refractivity contribution in [3.05, 3.63) is 0 Å². The Hall–Kier alpha value is -4.50. The molecule has 4 N–H and O–H groups in total. The molecule has 400 valence electrons. The summed E-state index contributed by atoms with van der Waals surface area (Å²) in [5.74, 6) is 0.595. The van der Waals surface area contributed by atoms with E-state index in [9.17, 15) is 24.0 Å². The fourth-order valence-corrected chi connectivity index (χ4v) is 9.68. The van der Waals surface area contributed by atoms with Crippen LogP contribution in [0.25, 0.3) is 0 Å². The number of amides is 5. The molecule has 10 aliphatic heterocycles. The zero-order valence-electron chi connectivity index (χ0n) is 38.1. The van der Waals surface area contributed by atoms with Crippen molar-refractivity contribution in [3.8, 4) is 0 Å². The molecule has 10 rings (SSSR count). The van der Waals surface area contributed by atoms with Gasteiger partial charge in [0, 0.05) is 133 Å². The summed E-state index contributed by atoms with van der Waals surface area (Å²) in [7, 11) is 10.7. The van der Waals surface area contributed by atoms with E-state index in [1.165, 1.54) is 25.0 Å². The summed E-state index contributed by atoms with van der Waals surface area (Å²) in [4.78, 5) is 60.5. The molecule has 10 heterocycles. The van der Waals surface area contributed by atoms with E-state index in [1.807, 2.05) is 41.7 Å². The van der Waals surface area contributed by atoms with Crippen molar-refractivity contribution in [3.63, 3.8) is 0 Å². The lowest BCUT2D eigenvalue weighted by molar-refractivity contribution is -0.135. The highest BCUT2D eigenvalue weighted by molar-refractivity contribution is 6.15. The van der Waals surface area contributed by atoms with Crippen LogP contribution in [0.1, 0.15) is 126 Å². The molecule has 5 atom stereocenters. The summed E-state index contributed by atoms with van der Waals surface area (Å²) in [5.41, 5.74) is 3.44. The van der Waals surface area contributed by atoms with E-state index >= 15 is 0 Å². The minimum absolute atomic E-state index is 0. The van der Waals surface area contributed by atoms with E-state index < -0.39 is 0 Å². The third-order valence-corrected chi connectivity index (χ3v) is 13.8. The Morgan fingerprint density at radius 3 is 0.768 bits per heavy atom. The average Bonchev–Trinajstić information content (AvgIpc) is 3.87. The highest BCUT2D eigenvalue weighted by Crippen LogP contribution is 2.35. The average molecular weight is 978 g/mol. The number of piperidine rings is 5. The van der Waals surface area contributed by atoms with Gasteiger partial charge in [0.25, 0.3) is 29.5 Å². The summed E-state index contributed by atoms with van der Waals surface area (Å²) in [5, 5.41) is 41.4. The molecule has 0 aromatic carbocycles. The zero-order valence-corrected chi connectivity index (χ0v) is 38.1. The third kappa shape index (κ3) is 12.7. The van der Waals surface area contributed by atoms with Crippen LogP contribution < -0.4 is 21.3 Å². The van der Waals surface area contributed by atoms with Crippen LogP contribution in [0, 0.1) is 27.1 Å². The normalized spacial score (nSPS) is 30.9. The van der Waals surface area contributed by atoms with Crippen LogP contribution in [0.3, 0.4) is 0 Å². The molecule has 5 fully saturated rings. The number of fused-ring (bicyclic) bond motifs is 5. The van der Waals surface area contributed by atoms with Crippen molar-refractivity contribution >= 4 is 58.1 Å². The van der Waals surface area contributed by atoms with Crippen LogP contribution in [0.4, 0.5) is 0 Å². The fourth-order valence-electron chi connectivity index (χ4n) is 9.68. The van der Waals surface area contributed by atoms with Gasteiger partial charge < -0.3 is 26.2 Å². The predicted molar refractivity (Wildman–Crippen MR) is 287 cm³/mol. The van der Waals surface area contributed by atoms with Gasteiger partial charge in [-0.05, 0) is 41.7 Å². The summed E-state index contributed by atoms with van der Waals surface area (Å²) >= 11 is 0. The third-order valence-electron chi connectivity index (χ3n) is 13.8. The van der Waals surface area contributed by atoms with E-state index in [0.717, 1.165) is 126 Å². The Balaban J connectivity index is -0.000000767. The van der Waals surface area contributed by atoms with Gasteiger partial charge in [0.05, 0.1) is 28.6 Å². The van der Waals surface area contributed by atoms with Gasteiger partial charge in [0.15, 0.2) is 0 Å². The molecule has 69 heavy (non-hydrogen) atoms. The van der Waals surface area contributed by atoms with Gasteiger partial charge in [-0.3, -0.25) is 24.0 Å². The summed E-state index contributed by atoms with van der Waals surface area (Å²) in [6.07, 6.45) is 4.50. The molecule has 5 amide bonds. The van der Waals surface area contributed by atoms with Gasteiger partial charge >= 0.3 is 0 Å². The van der Waals surface area contributed by atoms with E-state index in [1.54, 1.807) is 35.2 Å². The summed E-state index contributed by atoms with van der Waals surface area (Å²) in [6.45, 7) is 18.3. The summed E-state index contributed by atoms with van der Waals surface area (Å²) in [6, 6.07) is 0. The molecular formula is C49H99N15O5. The maximum Gasteiger partial charge on any atom is 0.255 e. The van der Waals surface area contributed by atoms with Gasteiger partial charge in [-0.25, -0.2) is 25.0 Å². The molecule has 10 aliphatic rings. The highest BCUT2D eigenvalue weighted by Gasteiger charge is 2.51. The number of carbonyl (C=O) groups is 5. The van der Waals surface area contributed by atoms with Crippen molar-refractivity contribution in [2.75, 3.05) is 108 Å². The van der Waals surface area contributed by atoms with Gasteiger partial charge in [-0.2, -0.15) is 25.5 Å². The molecule has 5 saturated heterocycles. The highest BCUT2D eigenvalue weighted by atomic mass is 16.2. The van der Waals surface area contributed by atoms with Crippen LogP contribution in [0.2, 0.25) is 0 Å². The van der Waals surface area contributed by atoms with Crippen LogP contribution in [-0.4, -0.2) is 196 Å². The largest absolute Gasteiger partial charge is 0.315 e. The number of carbonyl (C=O) groups excluding carboxylic acids is 5. The molecule has 3 unspecified atom stereocenters. The van der Waals surface area contributed by atoms with E-state index in [-0.39, 0.29) is 116 Å². The van der Waals surface area contributed by atoms with Gasteiger partial charge in [0.2, 0.25) is 0 Å². The summed E-state index contributed by atoms with van der Waals surface area (Å²) < 4.78 is 0. The van der Waals surface area contributed by atoms with Crippen LogP contribution in [-0.2, 0) is 24.0 Å². The van der Waals surface area contributed by atoms with Crippen molar-refractivity contribution in [1.29, 1.82) is 0 Å². The molecule has 0 radical (unpaired) electrons. The molecule has 0 saturated carbocycles. The number of hydrogen-bond donors (Lipinski definition) is 4. The molecule has 0 aliphatic carbocycles. The lowest BCUT2D eigenvalue weighted by Crippen LogP contribution is -2.49. The second-order valence-electron chi connectivity index (χ2n) is 18.7. The van der Waals surface area contributed by atoms with E-state index in [4.69, 9.17) is 0 Å². The van der Waals surface area contributed by atoms with Crippen molar-refractivity contribution in [2.24, 2.45) is 52.6 Å². The Labute approximate surface area is 418 Å². The van der Waals surface area contributed by atoms with Gasteiger partial charge in [-0.1, -0.05) is 59.4 Å². The molecular weight excluding hydrogens is 879 g/mol. The molecule has 0 aromatic rings. The monoisotopic (exact) mass is 978 g/mol. The topological polar surface area (TPSA) is 215 Å². The Bertz CT molecular complexity index is 1760. The first-order chi connectivity index (χ1) is 28.6. The van der Waals surface area contributed by atoms with Crippen LogP contribution in [0.5, 0.6) is 0 Å². The zero-order chi connectivity index (χ0) is 44.7. The standard InChI is InChI=1S/C9H15N3O.4C8H13N3O.8CH4/c1-9-6-11(2)5-4-7(9)10-12(3)8(9)13;4*1-8-5-9-4-3-6(8)10-11(2)7(8)12;;;;;;;;/h4-6H2,1-3H3;4*9H,3-5H2,1-2H3;8*1H4/t;2*8-;;;;;;;;;;/m.00........../s1. The number of nitrogens with zero attached hydrogens (tertiary/aromatic N) is 11. The minimum atomic E-state index is -0.354. The number of nitrogens with one attached hydrogen (secondary N) is 4. The fraction of sp³-hybridized carbons (Fsp3) is 0.796. The maximum atomic E-state index is 11.8. The molecule has 0 aromatic heterocycles. The lowest BCUT2D eigenvalue weighted by atomic mass is 9.80. The number of likely N-dealkylation sites (tertiary alicyclic amines) is 1. The Morgan fingerprint density at radius 1 is 0.348 bits per heavy atom. The Morgan fingerprint density at radius 2 is 0.551 bits per heavy atom. The maximum absolute atomic E-state index is 11.8. The van der Waals surface area contributed by atoms with Crippen LogP contribution >= 0.6 is 0 Å². The van der Waals surface area contributed by atoms with Gasteiger partial charge in [-0.15, -0.1) is 0 Å². The lowest BCUT2D eigenvalue weighted by Gasteiger charge is -2.34. The number of hydrazone groups is 5. The molecule has 0 bridgehead atoms. The first-order valence-corrected chi connectivity index (χ1v) is 21.4. The molecule has 20 heteroatoms. The number of rotatable bonds is 0. The number of hydrogen-bond acceptors (Lipinski definition) is 15. The minimum Gasteiger partial charge on any atom is -0.315 e. The SMILES string of the molecule is C.C.C.C.C.C.C.C.CN1CCC2=NN(C)C(=O)C2(C)C1.CN1N=C2CCNCC2(C)C1=O.CN1N=C2CCNCC2(C)C1=O.CN1N=C2CCNC[C@]2(C)C1=O.CN1N=C2CCNC[C@]2(C)C1=O. The quantitative estimate of drug-likeness (QED) is 0.267. The first kappa shape index (κ1) is 68.8. The molecule has 20 nitrogen and oxygen atoms in total. The second-order valence-corrected chi connectivity index (χ2v) is 18.7. The predicted octanol–water partition coefficient (Wildman–Crippen LogP) is 4.50. The van der Waals surface area contributed by atoms with E-state index in [2.05, 4.69) is 51.7 Å². The van der Waals surface area contributed by atoms with Gasteiger partial charge in [0.1, 0.15) is 27.1 Å². The first-order valence-electron chi connectivity index (χ1n) is 21.4.